The molecule has 0 spiro atoms. The second-order valence-corrected chi connectivity index (χ2v) is 10.8. The molecule has 1 saturated carbocycles. The second kappa shape index (κ2) is 13.3. The van der Waals surface area contributed by atoms with Gasteiger partial charge in [-0.15, -0.1) is 24.8 Å². The number of ether oxygens (including phenoxy) is 1. The lowest BCUT2D eigenvalue weighted by Gasteiger charge is -2.40. The van der Waals surface area contributed by atoms with Gasteiger partial charge in [-0.3, -0.25) is 9.59 Å². The number of carbonyl (C=O) groups excluding carboxylic acids is 2. The van der Waals surface area contributed by atoms with E-state index in [0.717, 1.165) is 29.9 Å². The van der Waals surface area contributed by atoms with Crippen molar-refractivity contribution in [2.75, 3.05) is 45.9 Å². The number of rotatable bonds is 8. The van der Waals surface area contributed by atoms with Crippen LogP contribution in [0.5, 0.6) is 0 Å². The first-order valence-electron chi connectivity index (χ1n) is 13.3. The molecule has 3 aliphatic rings. The average molecular weight is 555 g/mol. The molecule has 1 aliphatic carbocycles. The van der Waals surface area contributed by atoms with Crippen LogP contribution in [0.1, 0.15) is 50.1 Å². The quantitative estimate of drug-likeness (QED) is 0.540. The summed E-state index contributed by atoms with van der Waals surface area (Å²) >= 11 is 0. The summed E-state index contributed by atoms with van der Waals surface area (Å²) < 4.78 is 7.56. The summed E-state index contributed by atoms with van der Waals surface area (Å²) in [6.07, 6.45) is 4.36. The lowest BCUT2D eigenvalue weighted by atomic mass is 9.92. The molecule has 10 heteroatoms. The molecule has 3 heterocycles. The SMILES string of the molecule is CC(C)CN(C(=O)c1nc2ccccc2n1CCC1CC1)[C@@H]1CNC[C@H](C(=O)N2CCOCC2)C1.Cl.Cl. The zero-order valence-electron chi connectivity index (χ0n) is 21.9. The minimum Gasteiger partial charge on any atom is -0.378 e. The number of hydrogen-bond acceptors (Lipinski definition) is 5. The van der Waals surface area contributed by atoms with E-state index in [1.54, 1.807) is 0 Å². The Morgan fingerprint density at radius 1 is 1.14 bits per heavy atom. The van der Waals surface area contributed by atoms with E-state index in [0.29, 0.717) is 64.1 Å². The third-order valence-electron chi connectivity index (χ3n) is 7.57. The number of halogens is 2. The van der Waals surface area contributed by atoms with Gasteiger partial charge in [0.2, 0.25) is 5.91 Å². The standard InChI is InChI=1S/C27H39N5O3.2ClH/c1-19(2)18-32(22-15-21(16-28-17-22)26(33)30-11-13-35-14-12-30)27(34)25-29-23-5-3-4-6-24(23)31(25)10-9-20-7-8-20;;/h3-6,19-22,28H,7-18H2,1-2H3;2*1H/t21-,22+;;/m1../s1. The van der Waals surface area contributed by atoms with Gasteiger partial charge in [0.05, 0.1) is 30.2 Å². The maximum absolute atomic E-state index is 14.1. The number of morpholine rings is 1. The number of imidazole rings is 1. The molecule has 5 rings (SSSR count). The Morgan fingerprint density at radius 3 is 2.57 bits per heavy atom. The zero-order valence-corrected chi connectivity index (χ0v) is 23.6. The summed E-state index contributed by atoms with van der Waals surface area (Å²) in [6, 6.07) is 8.02. The summed E-state index contributed by atoms with van der Waals surface area (Å²) in [5, 5.41) is 3.45. The van der Waals surface area contributed by atoms with Gasteiger partial charge in [-0.1, -0.05) is 38.8 Å². The van der Waals surface area contributed by atoms with Gasteiger partial charge in [0.15, 0.2) is 5.82 Å². The van der Waals surface area contributed by atoms with Crippen LogP contribution in [-0.2, 0) is 16.1 Å². The minimum atomic E-state index is -0.122. The average Bonchev–Trinajstić information content (AvgIpc) is 3.64. The summed E-state index contributed by atoms with van der Waals surface area (Å²) in [5.41, 5.74) is 1.90. The largest absolute Gasteiger partial charge is 0.378 e. The maximum Gasteiger partial charge on any atom is 0.290 e. The molecule has 2 aliphatic heterocycles. The highest BCUT2D eigenvalue weighted by Crippen LogP contribution is 2.33. The number of piperidine rings is 1. The smallest absolute Gasteiger partial charge is 0.290 e. The van der Waals surface area contributed by atoms with E-state index in [9.17, 15) is 9.59 Å². The number of benzene rings is 1. The van der Waals surface area contributed by atoms with Crippen LogP contribution in [0, 0.1) is 17.8 Å². The molecule has 206 valence electrons. The van der Waals surface area contributed by atoms with Crippen LogP contribution < -0.4 is 5.32 Å². The van der Waals surface area contributed by atoms with Gasteiger partial charge in [-0.2, -0.15) is 0 Å². The minimum absolute atomic E-state index is 0. The zero-order chi connectivity index (χ0) is 24.4. The third-order valence-corrected chi connectivity index (χ3v) is 7.57. The van der Waals surface area contributed by atoms with Crippen molar-refractivity contribution in [3.63, 3.8) is 0 Å². The van der Waals surface area contributed by atoms with Crippen LogP contribution in [-0.4, -0.2) is 83.1 Å². The molecule has 2 aromatic rings. The molecular formula is C27H41Cl2N5O3. The summed E-state index contributed by atoms with van der Waals surface area (Å²) in [5.74, 6) is 1.67. The molecule has 0 radical (unpaired) electrons. The van der Waals surface area contributed by atoms with Crippen molar-refractivity contribution in [3.8, 4) is 0 Å². The highest BCUT2D eigenvalue weighted by Gasteiger charge is 2.37. The third kappa shape index (κ3) is 6.96. The van der Waals surface area contributed by atoms with E-state index in [1.807, 2.05) is 28.0 Å². The van der Waals surface area contributed by atoms with Gasteiger partial charge >= 0.3 is 0 Å². The van der Waals surface area contributed by atoms with Crippen molar-refractivity contribution in [1.29, 1.82) is 0 Å². The number of carbonyl (C=O) groups is 2. The predicted molar refractivity (Wildman–Crippen MR) is 150 cm³/mol. The molecule has 3 fully saturated rings. The number of nitrogens with zero attached hydrogens (tertiary/aromatic N) is 4. The summed E-state index contributed by atoms with van der Waals surface area (Å²) in [4.78, 5) is 36.1. The molecule has 1 aromatic carbocycles. The Hall–Kier alpha value is -1.87. The highest BCUT2D eigenvalue weighted by molar-refractivity contribution is 5.95. The predicted octanol–water partition coefficient (Wildman–Crippen LogP) is 3.62. The number of aromatic nitrogens is 2. The number of hydrogen-bond donors (Lipinski definition) is 1. The molecule has 8 nitrogen and oxygen atoms in total. The van der Waals surface area contributed by atoms with Crippen LogP contribution >= 0.6 is 24.8 Å². The van der Waals surface area contributed by atoms with E-state index < -0.39 is 0 Å². The molecule has 2 amide bonds. The lowest BCUT2D eigenvalue weighted by molar-refractivity contribution is -0.140. The van der Waals surface area contributed by atoms with Crippen LogP contribution in [0.2, 0.25) is 0 Å². The van der Waals surface area contributed by atoms with Crippen molar-refractivity contribution in [2.24, 2.45) is 17.8 Å². The number of aryl methyl sites for hydroxylation is 1. The molecule has 2 atom stereocenters. The Morgan fingerprint density at radius 2 is 1.86 bits per heavy atom. The Balaban J connectivity index is 0.00000190. The normalized spacial score (nSPS) is 21.9. The van der Waals surface area contributed by atoms with Gasteiger partial charge in [0, 0.05) is 45.3 Å². The first-order chi connectivity index (χ1) is 17.0. The first kappa shape index (κ1) is 29.7. The van der Waals surface area contributed by atoms with Crippen molar-refractivity contribution in [1.82, 2.24) is 24.7 Å². The van der Waals surface area contributed by atoms with E-state index >= 15 is 0 Å². The van der Waals surface area contributed by atoms with Crippen molar-refractivity contribution in [2.45, 2.75) is 52.1 Å². The fourth-order valence-corrected chi connectivity index (χ4v) is 5.49. The summed E-state index contributed by atoms with van der Waals surface area (Å²) in [7, 11) is 0. The Labute approximate surface area is 232 Å². The molecule has 37 heavy (non-hydrogen) atoms. The molecular weight excluding hydrogens is 513 g/mol. The van der Waals surface area contributed by atoms with Gasteiger partial charge in [-0.05, 0) is 36.8 Å². The Kier molecular flexibility index (Phi) is 10.6. The van der Waals surface area contributed by atoms with E-state index in [1.165, 1.54) is 12.8 Å². The van der Waals surface area contributed by atoms with Crippen LogP contribution in [0.3, 0.4) is 0 Å². The molecule has 1 N–H and O–H groups in total. The van der Waals surface area contributed by atoms with Crippen molar-refractivity contribution in [3.05, 3.63) is 30.1 Å². The molecule has 1 aromatic heterocycles. The monoisotopic (exact) mass is 553 g/mol. The van der Waals surface area contributed by atoms with Crippen molar-refractivity contribution >= 4 is 47.7 Å². The Bertz CT molecular complexity index is 1050. The topological polar surface area (TPSA) is 79.7 Å². The van der Waals surface area contributed by atoms with Gasteiger partial charge in [-0.25, -0.2) is 4.98 Å². The molecule has 0 unspecified atom stereocenters. The van der Waals surface area contributed by atoms with Crippen LogP contribution in [0.25, 0.3) is 11.0 Å². The molecule has 0 bridgehead atoms. The van der Waals surface area contributed by atoms with E-state index in [4.69, 9.17) is 9.72 Å². The highest BCUT2D eigenvalue weighted by atomic mass is 35.5. The van der Waals surface area contributed by atoms with Gasteiger partial charge in [0.25, 0.3) is 5.91 Å². The summed E-state index contributed by atoms with van der Waals surface area (Å²) in [6.45, 7) is 9.63. The van der Waals surface area contributed by atoms with Gasteiger partial charge < -0.3 is 24.4 Å². The number of para-hydroxylation sites is 2. The van der Waals surface area contributed by atoms with Gasteiger partial charge in [0.1, 0.15) is 0 Å². The first-order valence-corrected chi connectivity index (χ1v) is 13.3. The number of fused-ring (bicyclic) bond motifs is 1. The number of nitrogens with one attached hydrogen (secondary N) is 1. The van der Waals surface area contributed by atoms with Crippen LogP contribution in [0.15, 0.2) is 24.3 Å². The molecule has 2 saturated heterocycles. The maximum atomic E-state index is 14.1. The second-order valence-electron chi connectivity index (χ2n) is 10.8. The fraction of sp³-hybridized carbons (Fsp3) is 0.667. The van der Waals surface area contributed by atoms with Crippen LogP contribution in [0.4, 0.5) is 0 Å². The lowest BCUT2D eigenvalue weighted by Crippen LogP contribution is -2.56. The van der Waals surface area contributed by atoms with Crippen molar-refractivity contribution < 1.29 is 14.3 Å². The van der Waals surface area contributed by atoms with E-state index in [2.05, 4.69) is 29.8 Å². The van der Waals surface area contributed by atoms with E-state index in [-0.39, 0.29) is 48.6 Å². The number of amides is 2. The fourth-order valence-electron chi connectivity index (χ4n) is 5.49.